The molecule has 0 amide bonds. The molecule has 1 atom stereocenters. The maximum absolute atomic E-state index is 12.2. The molecule has 1 aromatic rings. The van der Waals surface area contributed by atoms with Crippen molar-refractivity contribution in [2.24, 2.45) is 0 Å². The molecule has 104 valence electrons. The largest absolute Gasteiger partial charge is 0.481 e. The minimum Gasteiger partial charge on any atom is -0.481 e. The fourth-order valence-corrected chi connectivity index (χ4v) is 1.90. The van der Waals surface area contributed by atoms with Crippen LogP contribution >= 0.6 is 23.2 Å². The molecule has 0 aliphatic carbocycles. The van der Waals surface area contributed by atoms with Crippen molar-refractivity contribution in [1.82, 2.24) is 5.32 Å². The zero-order chi connectivity index (χ0) is 14.4. The molecule has 0 aliphatic rings. The summed E-state index contributed by atoms with van der Waals surface area (Å²) >= 11 is 11.6. The Bertz CT molecular complexity index is 477. The minimum absolute atomic E-state index is 0.265. The van der Waals surface area contributed by atoms with Crippen LogP contribution in [0.15, 0.2) is 18.2 Å². The van der Waals surface area contributed by atoms with Crippen molar-refractivity contribution in [3.05, 3.63) is 33.8 Å². The van der Waals surface area contributed by atoms with Gasteiger partial charge in [0.15, 0.2) is 5.78 Å². The highest BCUT2D eigenvalue weighted by Crippen LogP contribution is 2.23. The van der Waals surface area contributed by atoms with Crippen molar-refractivity contribution < 1.29 is 14.7 Å². The molecule has 4 nitrogen and oxygen atoms in total. The van der Waals surface area contributed by atoms with E-state index in [1.54, 1.807) is 6.07 Å². The number of halogens is 2. The molecule has 0 aliphatic heterocycles. The number of rotatable bonds is 7. The molecule has 1 unspecified atom stereocenters. The number of ketones is 1. The van der Waals surface area contributed by atoms with Gasteiger partial charge in [-0.05, 0) is 31.2 Å². The molecule has 2 N–H and O–H groups in total. The fourth-order valence-electron chi connectivity index (χ4n) is 1.60. The van der Waals surface area contributed by atoms with Crippen LogP contribution in [0.2, 0.25) is 10.0 Å². The Labute approximate surface area is 121 Å². The summed E-state index contributed by atoms with van der Waals surface area (Å²) in [4.78, 5) is 23.0. The molecule has 0 bridgehead atoms. The average Bonchev–Trinajstić information content (AvgIpc) is 2.36. The van der Waals surface area contributed by atoms with E-state index in [0.717, 1.165) is 6.42 Å². The Hall–Kier alpha value is -1.10. The van der Waals surface area contributed by atoms with E-state index in [0.29, 0.717) is 17.1 Å². The van der Waals surface area contributed by atoms with Crippen molar-refractivity contribution in [2.45, 2.75) is 25.8 Å². The van der Waals surface area contributed by atoms with Gasteiger partial charge < -0.3 is 10.4 Å². The standard InChI is InChI=1S/C13H15Cl2NO3/c1-2-5-16-11(7-12(17)18)13(19)8-3-4-9(14)10(15)6-8/h3-4,6,11,16H,2,5,7H2,1H3,(H,17,18). The van der Waals surface area contributed by atoms with E-state index < -0.39 is 12.0 Å². The molecule has 1 aromatic carbocycles. The number of carboxylic acids is 1. The lowest BCUT2D eigenvalue weighted by Crippen LogP contribution is -2.39. The highest BCUT2D eigenvalue weighted by atomic mass is 35.5. The summed E-state index contributed by atoms with van der Waals surface area (Å²) in [5.74, 6) is -1.32. The molecule has 0 saturated carbocycles. The molecule has 19 heavy (non-hydrogen) atoms. The molecule has 0 heterocycles. The maximum atomic E-state index is 12.2. The zero-order valence-electron chi connectivity index (χ0n) is 10.5. The first-order chi connectivity index (χ1) is 8.95. The van der Waals surface area contributed by atoms with Crippen LogP contribution in [0, 0.1) is 0 Å². The topological polar surface area (TPSA) is 66.4 Å². The second-order valence-corrected chi connectivity index (χ2v) is 4.91. The van der Waals surface area contributed by atoms with E-state index in [2.05, 4.69) is 5.32 Å². The van der Waals surface area contributed by atoms with Gasteiger partial charge in [-0.15, -0.1) is 0 Å². The average molecular weight is 304 g/mol. The Morgan fingerprint density at radius 2 is 2.00 bits per heavy atom. The van der Waals surface area contributed by atoms with E-state index >= 15 is 0 Å². The van der Waals surface area contributed by atoms with Gasteiger partial charge in [-0.3, -0.25) is 9.59 Å². The number of nitrogens with one attached hydrogen (secondary N) is 1. The number of hydrogen-bond acceptors (Lipinski definition) is 3. The first kappa shape index (κ1) is 16.0. The third-order valence-corrected chi connectivity index (χ3v) is 3.28. The predicted octanol–water partition coefficient (Wildman–Crippen LogP) is 3.02. The highest BCUT2D eigenvalue weighted by molar-refractivity contribution is 6.42. The van der Waals surface area contributed by atoms with Gasteiger partial charge in [-0.25, -0.2) is 0 Å². The molecule has 0 fully saturated rings. The number of Topliss-reactive ketones (excluding diaryl/α,β-unsaturated/α-hetero) is 1. The van der Waals surface area contributed by atoms with E-state index in [1.165, 1.54) is 12.1 Å². The predicted molar refractivity (Wildman–Crippen MR) is 75.1 cm³/mol. The van der Waals surface area contributed by atoms with Gasteiger partial charge in [0, 0.05) is 5.56 Å². The zero-order valence-corrected chi connectivity index (χ0v) is 12.0. The van der Waals surface area contributed by atoms with Crippen molar-refractivity contribution in [2.75, 3.05) is 6.54 Å². The third-order valence-electron chi connectivity index (χ3n) is 2.54. The van der Waals surface area contributed by atoms with Crippen LogP contribution < -0.4 is 5.32 Å². The van der Waals surface area contributed by atoms with Crippen molar-refractivity contribution >= 4 is 35.0 Å². The van der Waals surface area contributed by atoms with Crippen molar-refractivity contribution in [3.63, 3.8) is 0 Å². The molecule has 0 saturated heterocycles. The molecular weight excluding hydrogens is 289 g/mol. The summed E-state index contributed by atoms with van der Waals surface area (Å²) in [6.45, 7) is 2.51. The van der Waals surface area contributed by atoms with Crippen molar-refractivity contribution in [1.29, 1.82) is 0 Å². The Kier molecular flexibility index (Phi) is 6.28. The first-order valence-corrected chi connectivity index (χ1v) is 6.65. The summed E-state index contributed by atoms with van der Waals surface area (Å²) in [6.07, 6.45) is 0.545. The SMILES string of the molecule is CCCNC(CC(=O)O)C(=O)c1ccc(Cl)c(Cl)c1. The van der Waals surface area contributed by atoms with Gasteiger partial charge in [0.25, 0.3) is 0 Å². The van der Waals surface area contributed by atoms with Gasteiger partial charge in [-0.2, -0.15) is 0 Å². The number of benzene rings is 1. The lowest BCUT2D eigenvalue weighted by atomic mass is 10.0. The fraction of sp³-hybridized carbons (Fsp3) is 0.385. The molecular formula is C13H15Cl2NO3. The van der Waals surface area contributed by atoms with Gasteiger partial charge in [-0.1, -0.05) is 30.1 Å². The summed E-state index contributed by atoms with van der Waals surface area (Å²) in [5, 5.41) is 12.4. The van der Waals surface area contributed by atoms with Crippen LogP contribution in [0.25, 0.3) is 0 Å². The van der Waals surface area contributed by atoms with Gasteiger partial charge in [0.05, 0.1) is 22.5 Å². The van der Waals surface area contributed by atoms with Crippen LogP contribution in [0.1, 0.15) is 30.1 Å². The number of carbonyl (C=O) groups is 2. The van der Waals surface area contributed by atoms with E-state index in [9.17, 15) is 9.59 Å². The van der Waals surface area contributed by atoms with Crippen LogP contribution in [0.3, 0.4) is 0 Å². The summed E-state index contributed by atoms with van der Waals surface area (Å²) in [7, 11) is 0. The number of carbonyl (C=O) groups excluding carboxylic acids is 1. The van der Waals surface area contributed by atoms with Gasteiger partial charge >= 0.3 is 5.97 Å². The number of aliphatic carboxylic acids is 1. The minimum atomic E-state index is -1.03. The second kappa shape index (κ2) is 7.48. The maximum Gasteiger partial charge on any atom is 0.305 e. The molecule has 6 heteroatoms. The van der Waals surface area contributed by atoms with Crippen LogP contribution in [-0.2, 0) is 4.79 Å². The van der Waals surface area contributed by atoms with Crippen LogP contribution in [-0.4, -0.2) is 29.4 Å². The molecule has 1 rings (SSSR count). The Balaban J connectivity index is 2.90. The monoisotopic (exact) mass is 303 g/mol. The third kappa shape index (κ3) is 4.82. The van der Waals surface area contributed by atoms with Gasteiger partial charge in [0.2, 0.25) is 0 Å². The molecule has 0 aromatic heterocycles. The second-order valence-electron chi connectivity index (χ2n) is 4.10. The molecule has 0 radical (unpaired) electrons. The smallest absolute Gasteiger partial charge is 0.305 e. The quantitative estimate of drug-likeness (QED) is 0.760. The molecule has 0 spiro atoms. The first-order valence-electron chi connectivity index (χ1n) is 5.90. The lowest BCUT2D eigenvalue weighted by Gasteiger charge is -2.15. The normalized spacial score (nSPS) is 12.2. The van der Waals surface area contributed by atoms with E-state index in [-0.39, 0.29) is 17.2 Å². The Morgan fingerprint density at radius 1 is 1.32 bits per heavy atom. The number of hydrogen-bond donors (Lipinski definition) is 2. The van der Waals surface area contributed by atoms with Crippen molar-refractivity contribution in [3.8, 4) is 0 Å². The van der Waals surface area contributed by atoms with Crippen LogP contribution in [0.5, 0.6) is 0 Å². The summed E-state index contributed by atoms with van der Waals surface area (Å²) in [5.41, 5.74) is 0.351. The lowest BCUT2D eigenvalue weighted by molar-refractivity contribution is -0.137. The van der Waals surface area contributed by atoms with E-state index in [1.807, 2.05) is 6.92 Å². The Morgan fingerprint density at radius 3 is 2.53 bits per heavy atom. The highest BCUT2D eigenvalue weighted by Gasteiger charge is 2.22. The van der Waals surface area contributed by atoms with Gasteiger partial charge in [0.1, 0.15) is 0 Å². The number of carboxylic acid groups (broad SMARTS) is 1. The van der Waals surface area contributed by atoms with E-state index in [4.69, 9.17) is 28.3 Å². The summed E-state index contributed by atoms with van der Waals surface area (Å²) < 4.78 is 0. The summed E-state index contributed by atoms with van der Waals surface area (Å²) in [6, 6.07) is 3.76. The van der Waals surface area contributed by atoms with Crippen LogP contribution in [0.4, 0.5) is 0 Å².